The number of carbonyl (C=O) groups excluding carboxylic acids is 1. The van der Waals surface area contributed by atoms with Gasteiger partial charge < -0.3 is 9.80 Å². The molecular formula is C21H25F4N3OS. The van der Waals surface area contributed by atoms with Gasteiger partial charge in [0.1, 0.15) is 5.82 Å². The Morgan fingerprint density at radius 1 is 1.20 bits per heavy atom. The second kappa shape index (κ2) is 6.69. The zero-order chi connectivity index (χ0) is 21.3. The van der Waals surface area contributed by atoms with E-state index in [1.807, 2.05) is 9.80 Å². The van der Waals surface area contributed by atoms with Crippen molar-refractivity contribution in [2.24, 2.45) is 11.3 Å². The highest BCUT2D eigenvalue weighted by molar-refractivity contribution is 8.12. The van der Waals surface area contributed by atoms with Gasteiger partial charge in [0.2, 0.25) is 0 Å². The van der Waals surface area contributed by atoms with E-state index >= 15 is 0 Å². The van der Waals surface area contributed by atoms with Crippen molar-refractivity contribution in [1.82, 2.24) is 14.5 Å². The fourth-order valence-electron chi connectivity index (χ4n) is 5.64. The van der Waals surface area contributed by atoms with Crippen LogP contribution < -0.4 is 4.72 Å². The van der Waals surface area contributed by atoms with Crippen LogP contribution in [0.2, 0.25) is 0 Å². The molecule has 3 saturated heterocycles. The van der Waals surface area contributed by atoms with Crippen molar-refractivity contribution in [3.63, 3.8) is 0 Å². The van der Waals surface area contributed by atoms with Gasteiger partial charge in [-0.3, -0.25) is 4.72 Å². The quantitative estimate of drug-likeness (QED) is 0.556. The van der Waals surface area contributed by atoms with Gasteiger partial charge >= 0.3 is 12.2 Å². The van der Waals surface area contributed by atoms with E-state index in [-0.39, 0.29) is 33.6 Å². The average Bonchev–Trinajstić information content (AvgIpc) is 2.96. The number of nitrogens with zero attached hydrogens (tertiary/aromatic N) is 2. The molecule has 9 heteroatoms. The van der Waals surface area contributed by atoms with Crippen LogP contribution in [0, 0.1) is 17.2 Å². The normalized spacial score (nSPS) is 27.1. The monoisotopic (exact) mass is 443 g/mol. The molecule has 1 N–H and O–H groups in total. The van der Waals surface area contributed by atoms with Crippen LogP contribution in [0.3, 0.4) is 0 Å². The van der Waals surface area contributed by atoms with Gasteiger partial charge in [-0.1, -0.05) is 11.9 Å². The van der Waals surface area contributed by atoms with Gasteiger partial charge in [0.15, 0.2) is 0 Å². The topological polar surface area (TPSA) is 35.6 Å². The predicted octanol–water partition coefficient (Wildman–Crippen LogP) is 3.88. The van der Waals surface area contributed by atoms with Gasteiger partial charge in [-0.2, -0.15) is 13.2 Å². The van der Waals surface area contributed by atoms with Crippen molar-refractivity contribution < 1.29 is 22.4 Å². The molecule has 1 aliphatic carbocycles. The predicted molar refractivity (Wildman–Crippen MR) is 109 cm³/mol. The Morgan fingerprint density at radius 3 is 2.43 bits per heavy atom. The van der Waals surface area contributed by atoms with Crippen LogP contribution in [-0.4, -0.2) is 59.2 Å². The van der Waals surface area contributed by atoms with Crippen molar-refractivity contribution >= 4 is 22.6 Å². The summed E-state index contributed by atoms with van der Waals surface area (Å²) < 4.78 is 55.6. The number of likely N-dealkylation sites (tertiary alicyclic amines) is 2. The van der Waals surface area contributed by atoms with Crippen molar-refractivity contribution in [2.75, 3.05) is 31.9 Å². The molecule has 4 fully saturated rings. The lowest BCUT2D eigenvalue weighted by atomic mass is 9.56. The van der Waals surface area contributed by atoms with Gasteiger partial charge in [-0.15, -0.1) is 10.7 Å². The molecular weight excluding hydrogens is 418 g/mol. The number of halogens is 4. The maximum Gasteiger partial charge on any atom is 0.416 e. The maximum atomic E-state index is 14.1. The summed E-state index contributed by atoms with van der Waals surface area (Å²) in [6.45, 7) is 2.97. The van der Waals surface area contributed by atoms with Crippen LogP contribution in [0.15, 0.2) is 18.2 Å². The van der Waals surface area contributed by atoms with Gasteiger partial charge in [0.05, 0.1) is 11.1 Å². The zero-order valence-corrected chi connectivity index (χ0v) is 17.4. The van der Waals surface area contributed by atoms with E-state index < -0.39 is 17.6 Å². The summed E-state index contributed by atoms with van der Waals surface area (Å²) in [6, 6.07) is 2.89. The molecule has 0 radical (unpaired) electrons. The number of hydrogen-bond acceptors (Lipinski definition) is 2. The summed E-state index contributed by atoms with van der Waals surface area (Å²) in [7, 11) is 0.0151. The third kappa shape index (κ3) is 3.43. The Balaban J connectivity index is 1.09. The highest BCUT2D eigenvalue weighted by Gasteiger charge is 2.56. The van der Waals surface area contributed by atoms with Crippen molar-refractivity contribution in [3.05, 3.63) is 35.1 Å². The minimum Gasteiger partial charge on any atom is -0.323 e. The third-order valence-corrected chi connectivity index (χ3v) is 8.52. The Kier molecular flexibility index (Phi) is 4.53. The summed E-state index contributed by atoms with van der Waals surface area (Å²) in [4.78, 5) is 16.4. The first-order chi connectivity index (χ1) is 14.1. The highest BCUT2D eigenvalue weighted by atomic mass is 32.2. The molecule has 1 atom stereocenters. The second-order valence-electron chi connectivity index (χ2n) is 9.61. The van der Waals surface area contributed by atoms with Crippen molar-refractivity contribution in [3.8, 4) is 0 Å². The Morgan fingerprint density at radius 2 is 1.87 bits per heavy atom. The number of alkyl halides is 3. The van der Waals surface area contributed by atoms with E-state index in [9.17, 15) is 22.4 Å². The Labute approximate surface area is 175 Å². The summed E-state index contributed by atoms with van der Waals surface area (Å²) in [5, 5.41) is 0. The van der Waals surface area contributed by atoms with Gasteiger partial charge in [-0.05, 0) is 49.3 Å². The molecule has 2 amide bonds. The average molecular weight is 444 g/mol. The standard InChI is InChI=1S/C21H25F4N3OS/c1-30-5-4-20(26-30)12-28(13-20)18(29)27-10-19(11-27)8-14(9-19)6-15-2-3-16(7-17(15)22)21(23,24)25/h2-3,7,14,26H,1,4-6,8-13H2. The van der Waals surface area contributed by atoms with Crippen LogP contribution in [-0.2, 0) is 12.6 Å². The molecule has 1 unspecified atom stereocenters. The molecule has 30 heavy (non-hydrogen) atoms. The minimum atomic E-state index is -4.53. The van der Waals surface area contributed by atoms with Crippen molar-refractivity contribution in [1.29, 1.82) is 0 Å². The molecule has 1 aromatic rings. The summed E-state index contributed by atoms with van der Waals surface area (Å²) in [6.07, 6.45) is -1.20. The van der Waals surface area contributed by atoms with Gasteiger partial charge in [0, 0.05) is 37.3 Å². The number of urea groups is 1. The largest absolute Gasteiger partial charge is 0.416 e. The van der Waals surface area contributed by atoms with E-state index in [1.165, 1.54) is 6.07 Å². The lowest BCUT2D eigenvalue weighted by molar-refractivity contribution is -0.137. The lowest BCUT2D eigenvalue weighted by Gasteiger charge is -2.61. The summed E-state index contributed by atoms with van der Waals surface area (Å²) in [5.41, 5.74) is -0.407. The van der Waals surface area contributed by atoms with Crippen LogP contribution >= 0.6 is 10.7 Å². The molecule has 5 rings (SSSR count). The van der Waals surface area contributed by atoms with E-state index in [4.69, 9.17) is 0 Å². The van der Waals surface area contributed by atoms with Crippen LogP contribution in [0.4, 0.5) is 22.4 Å². The smallest absolute Gasteiger partial charge is 0.323 e. The molecule has 1 saturated carbocycles. The van der Waals surface area contributed by atoms with Crippen LogP contribution in [0.1, 0.15) is 30.4 Å². The van der Waals surface area contributed by atoms with Crippen LogP contribution in [0.5, 0.6) is 0 Å². The number of benzene rings is 1. The van der Waals surface area contributed by atoms with E-state index in [0.717, 1.165) is 57.3 Å². The Hall–Kier alpha value is -1.61. The molecule has 3 heterocycles. The number of rotatable bonds is 2. The van der Waals surface area contributed by atoms with Gasteiger partial charge in [-0.25, -0.2) is 9.18 Å². The molecule has 1 aromatic carbocycles. The first-order valence-electron chi connectivity index (χ1n) is 10.2. The van der Waals surface area contributed by atoms with E-state index in [0.29, 0.717) is 18.1 Å². The lowest BCUT2D eigenvalue weighted by Crippen LogP contribution is -2.73. The molecule has 164 valence electrons. The molecule has 4 aliphatic rings. The molecule has 0 aromatic heterocycles. The molecule has 0 bridgehead atoms. The molecule has 2 spiro atoms. The molecule has 4 nitrogen and oxygen atoms in total. The summed E-state index contributed by atoms with van der Waals surface area (Å²) >= 11 is 0. The Bertz CT molecular complexity index is 898. The van der Waals surface area contributed by atoms with E-state index in [1.54, 1.807) is 0 Å². The van der Waals surface area contributed by atoms with Gasteiger partial charge in [0.25, 0.3) is 0 Å². The number of amides is 2. The third-order valence-electron chi connectivity index (χ3n) is 7.10. The summed E-state index contributed by atoms with van der Waals surface area (Å²) in [5.74, 6) is 4.63. The van der Waals surface area contributed by atoms with E-state index in [2.05, 4.69) is 10.6 Å². The SMILES string of the molecule is C=S1CCC2(CN(C(=O)N3CC4(CC(Cc5ccc(C(F)(F)F)cc5F)C4)C3)C2)N1. The van der Waals surface area contributed by atoms with Crippen molar-refractivity contribution in [2.45, 2.75) is 37.4 Å². The highest BCUT2D eigenvalue weighted by Crippen LogP contribution is 2.53. The fraction of sp³-hybridized carbons (Fsp3) is 0.619. The second-order valence-corrected chi connectivity index (χ2v) is 11.2. The number of hydrogen-bond donors (Lipinski definition) is 1. The number of carbonyl (C=O) groups is 1. The first-order valence-corrected chi connectivity index (χ1v) is 11.8. The zero-order valence-electron chi connectivity index (χ0n) is 16.6. The fourth-order valence-corrected chi connectivity index (χ4v) is 7.22. The maximum absolute atomic E-state index is 14.1. The number of nitrogens with one attached hydrogen (secondary N) is 1. The van der Waals surface area contributed by atoms with Crippen LogP contribution in [0.25, 0.3) is 0 Å². The molecule has 3 aliphatic heterocycles. The first kappa shape index (κ1) is 20.3. The minimum absolute atomic E-state index is 0.0151.